The summed E-state index contributed by atoms with van der Waals surface area (Å²) in [6, 6.07) is 4.67. The summed E-state index contributed by atoms with van der Waals surface area (Å²) in [5.41, 5.74) is 11.7. The van der Waals surface area contributed by atoms with Crippen molar-refractivity contribution in [1.82, 2.24) is 0 Å². The van der Waals surface area contributed by atoms with E-state index in [4.69, 9.17) is 16.2 Å². The van der Waals surface area contributed by atoms with Crippen LogP contribution in [-0.4, -0.2) is 12.1 Å². The van der Waals surface area contributed by atoms with Crippen molar-refractivity contribution >= 4 is 11.7 Å². The zero-order valence-corrected chi connectivity index (χ0v) is 9.48. The Kier molecular flexibility index (Phi) is 1.91. The molecule has 17 heavy (non-hydrogen) atoms. The van der Waals surface area contributed by atoms with E-state index in [-0.39, 0.29) is 23.9 Å². The van der Waals surface area contributed by atoms with Crippen LogP contribution >= 0.6 is 0 Å². The number of anilines is 1. The van der Waals surface area contributed by atoms with Gasteiger partial charge in [-0.15, -0.1) is 0 Å². The second-order valence-corrected chi connectivity index (χ2v) is 4.84. The number of nitrogens with two attached hydrogens (primary N) is 2. The Morgan fingerprint density at radius 3 is 3.00 bits per heavy atom. The lowest BCUT2D eigenvalue weighted by Gasteiger charge is -2.30. The Hall–Kier alpha value is -1.78. The van der Waals surface area contributed by atoms with Crippen LogP contribution in [0.2, 0.25) is 0 Å². The largest absolute Gasteiger partial charge is 0.462 e. The Balaban J connectivity index is 2.13. The zero-order chi connectivity index (χ0) is 12.2. The van der Waals surface area contributed by atoms with Crippen LogP contribution < -0.4 is 11.5 Å². The summed E-state index contributed by atoms with van der Waals surface area (Å²) < 4.78 is 19.2. The van der Waals surface area contributed by atoms with Gasteiger partial charge in [0.2, 0.25) is 0 Å². The van der Waals surface area contributed by atoms with Gasteiger partial charge in [-0.25, -0.2) is 9.38 Å². The van der Waals surface area contributed by atoms with Crippen molar-refractivity contribution < 1.29 is 9.13 Å². The zero-order valence-electron chi connectivity index (χ0n) is 9.48. The highest BCUT2D eigenvalue weighted by atomic mass is 19.1. The molecule has 4 nitrogen and oxygen atoms in total. The average molecular weight is 235 g/mol. The number of halogens is 1. The molecule has 4 N–H and O–H groups in total. The predicted molar refractivity (Wildman–Crippen MR) is 62.8 cm³/mol. The molecule has 1 aliphatic heterocycles. The van der Waals surface area contributed by atoms with Crippen molar-refractivity contribution in [2.45, 2.75) is 25.0 Å². The van der Waals surface area contributed by atoms with E-state index in [1.807, 2.05) is 6.92 Å². The van der Waals surface area contributed by atoms with E-state index >= 15 is 0 Å². The lowest BCUT2D eigenvalue weighted by molar-refractivity contribution is 0.202. The number of hydrogen-bond acceptors (Lipinski definition) is 4. The van der Waals surface area contributed by atoms with Crippen molar-refractivity contribution in [3.8, 4) is 0 Å². The van der Waals surface area contributed by atoms with E-state index in [1.54, 1.807) is 12.1 Å². The molecule has 0 saturated heterocycles. The molecule has 1 aliphatic carbocycles. The summed E-state index contributed by atoms with van der Waals surface area (Å²) in [6.07, 6.45) is 0.924. The summed E-state index contributed by atoms with van der Waals surface area (Å²) in [7, 11) is 0. The van der Waals surface area contributed by atoms with Gasteiger partial charge < -0.3 is 16.2 Å². The molecule has 0 aromatic heterocycles. The summed E-state index contributed by atoms with van der Waals surface area (Å²) >= 11 is 0. The Morgan fingerprint density at radius 1 is 1.47 bits per heavy atom. The molecule has 0 bridgehead atoms. The number of rotatable bonds is 1. The number of nitrogen functional groups attached to an aromatic ring is 1. The van der Waals surface area contributed by atoms with Crippen molar-refractivity contribution in [3.05, 3.63) is 29.6 Å². The minimum atomic E-state index is -0.660. The third kappa shape index (κ3) is 1.45. The number of nitrogens with zero attached hydrogens (tertiary/aromatic N) is 1. The standard InChI is InChI=1S/C12H14FN3O/c1-12(7-4-6(14)2-3-9(7)13)8-5-10(8)17-11(15)16-12/h2-4,8,10H,5,14H2,1H3,(H2,15,16)/t8?,10?,12-/m0/s1. The topological polar surface area (TPSA) is 73.6 Å². The summed E-state index contributed by atoms with van der Waals surface area (Å²) in [5.74, 6) is -0.114. The van der Waals surface area contributed by atoms with E-state index in [0.29, 0.717) is 11.3 Å². The van der Waals surface area contributed by atoms with Crippen LogP contribution in [0.3, 0.4) is 0 Å². The van der Waals surface area contributed by atoms with Gasteiger partial charge in [0, 0.05) is 17.2 Å². The molecule has 0 amide bonds. The van der Waals surface area contributed by atoms with Gasteiger partial charge in [-0.3, -0.25) is 0 Å². The van der Waals surface area contributed by atoms with E-state index in [0.717, 1.165) is 6.42 Å². The first-order chi connectivity index (χ1) is 8.00. The highest BCUT2D eigenvalue weighted by molar-refractivity contribution is 5.74. The molecule has 3 rings (SSSR count). The molecule has 90 valence electrons. The van der Waals surface area contributed by atoms with E-state index < -0.39 is 5.54 Å². The number of fused-ring (bicyclic) bond motifs is 1. The molecule has 1 aromatic carbocycles. The molecule has 2 aliphatic rings. The van der Waals surface area contributed by atoms with Gasteiger partial charge in [-0.2, -0.15) is 0 Å². The van der Waals surface area contributed by atoms with Gasteiger partial charge in [0.15, 0.2) is 0 Å². The molecular formula is C12H14FN3O. The first kappa shape index (κ1) is 10.4. The number of aliphatic imine (C=N–C) groups is 1. The van der Waals surface area contributed by atoms with Crippen molar-refractivity contribution in [3.63, 3.8) is 0 Å². The van der Waals surface area contributed by atoms with Crippen LogP contribution in [0.25, 0.3) is 0 Å². The van der Waals surface area contributed by atoms with Gasteiger partial charge in [-0.1, -0.05) is 0 Å². The van der Waals surface area contributed by atoms with Crippen LogP contribution in [0.15, 0.2) is 23.2 Å². The van der Waals surface area contributed by atoms with E-state index in [2.05, 4.69) is 4.99 Å². The normalized spacial score (nSPS) is 34.6. The lowest BCUT2D eigenvalue weighted by Crippen LogP contribution is -2.35. The third-order valence-corrected chi connectivity index (χ3v) is 3.60. The Morgan fingerprint density at radius 2 is 2.24 bits per heavy atom. The van der Waals surface area contributed by atoms with Crippen LogP contribution in [0.4, 0.5) is 10.1 Å². The maximum Gasteiger partial charge on any atom is 0.283 e. The molecule has 1 fully saturated rings. The number of hydrogen-bond donors (Lipinski definition) is 2. The van der Waals surface area contributed by atoms with Gasteiger partial charge >= 0.3 is 0 Å². The molecule has 3 atom stereocenters. The minimum Gasteiger partial charge on any atom is -0.462 e. The van der Waals surface area contributed by atoms with Gasteiger partial charge in [-0.05, 0) is 31.5 Å². The van der Waals surface area contributed by atoms with Crippen LogP contribution in [-0.2, 0) is 10.3 Å². The minimum absolute atomic E-state index is 0.0679. The number of ether oxygens (including phenoxy) is 1. The van der Waals surface area contributed by atoms with E-state index in [9.17, 15) is 4.39 Å². The summed E-state index contributed by atoms with van der Waals surface area (Å²) in [6.45, 7) is 1.88. The number of benzene rings is 1. The molecule has 0 spiro atoms. The van der Waals surface area contributed by atoms with Crippen LogP contribution in [0.5, 0.6) is 0 Å². The average Bonchev–Trinajstić information content (AvgIpc) is 3.01. The monoisotopic (exact) mass is 235 g/mol. The first-order valence-corrected chi connectivity index (χ1v) is 5.58. The molecule has 0 radical (unpaired) electrons. The van der Waals surface area contributed by atoms with Crippen molar-refractivity contribution in [1.29, 1.82) is 0 Å². The summed E-state index contributed by atoms with van der Waals surface area (Å²) in [4.78, 5) is 4.29. The second-order valence-electron chi connectivity index (χ2n) is 4.84. The second kappa shape index (κ2) is 3.12. The first-order valence-electron chi connectivity index (χ1n) is 5.58. The summed E-state index contributed by atoms with van der Waals surface area (Å²) in [5, 5.41) is 0. The highest BCUT2D eigenvalue weighted by Crippen LogP contribution is 2.53. The van der Waals surface area contributed by atoms with Gasteiger partial charge in [0.1, 0.15) is 11.9 Å². The fraction of sp³-hybridized carbons (Fsp3) is 0.417. The SMILES string of the molecule is C[C@@]1(c2cc(N)ccc2F)N=C(N)OC2CC21. The van der Waals surface area contributed by atoms with E-state index in [1.165, 1.54) is 6.07 Å². The molecule has 2 unspecified atom stereocenters. The smallest absolute Gasteiger partial charge is 0.283 e. The van der Waals surface area contributed by atoms with Crippen LogP contribution in [0.1, 0.15) is 18.9 Å². The Labute approximate surface area is 98.5 Å². The Bertz CT molecular complexity index is 516. The van der Waals surface area contributed by atoms with Crippen molar-refractivity contribution in [2.75, 3.05) is 5.73 Å². The van der Waals surface area contributed by atoms with Gasteiger partial charge in [0.25, 0.3) is 6.02 Å². The van der Waals surface area contributed by atoms with Crippen LogP contribution in [0, 0.1) is 11.7 Å². The maximum atomic E-state index is 13.9. The molecule has 1 aromatic rings. The number of amidine groups is 1. The quantitative estimate of drug-likeness (QED) is 0.722. The molecule has 1 heterocycles. The highest BCUT2D eigenvalue weighted by Gasteiger charge is 2.57. The third-order valence-electron chi connectivity index (χ3n) is 3.60. The molecular weight excluding hydrogens is 221 g/mol. The molecule has 5 heteroatoms. The lowest BCUT2D eigenvalue weighted by atomic mass is 9.86. The fourth-order valence-electron chi connectivity index (χ4n) is 2.58. The van der Waals surface area contributed by atoms with Crippen molar-refractivity contribution in [2.24, 2.45) is 16.6 Å². The fourth-order valence-corrected chi connectivity index (χ4v) is 2.58. The maximum absolute atomic E-state index is 13.9. The predicted octanol–water partition coefficient (Wildman–Crippen LogP) is 1.36. The van der Waals surface area contributed by atoms with Gasteiger partial charge in [0.05, 0.1) is 5.54 Å². The molecule has 1 saturated carbocycles.